The molecule has 0 radical (unpaired) electrons. The van der Waals surface area contributed by atoms with Crippen LogP contribution in [-0.2, 0) is 32.2 Å². The number of hydrogen-bond donors (Lipinski definition) is 1. The first kappa shape index (κ1) is 19.5. The summed E-state index contributed by atoms with van der Waals surface area (Å²) in [7, 11) is 0. The fourth-order valence-electron chi connectivity index (χ4n) is 1.61. The highest BCUT2D eigenvalue weighted by molar-refractivity contribution is 5.98. The number of esters is 1. The highest BCUT2D eigenvalue weighted by Gasteiger charge is 2.07. The van der Waals surface area contributed by atoms with Crippen molar-refractivity contribution in [3.05, 3.63) is 24.0 Å². The molecule has 1 heterocycles. The molecule has 1 aromatic rings. The van der Waals surface area contributed by atoms with Gasteiger partial charge in [-0.1, -0.05) is 26.0 Å². The smallest absolute Gasteiger partial charge is 0.307 e. The van der Waals surface area contributed by atoms with Gasteiger partial charge in [0.15, 0.2) is 5.78 Å². The normalized spacial score (nSPS) is 11.0. The fourth-order valence-corrected chi connectivity index (χ4v) is 1.61. The molecule has 0 saturated heterocycles. The standard InChI is InChI=1S/C16H24N4O4/c1-4-9-24-16(23)7-8-20-11-13(18-19-20)10-17-15(22)6-5-14(21)12(2)3/h5-6,11-12H,4,7-10H2,1-3H3,(H,17,22)/b6-5-. The second-order valence-electron chi connectivity index (χ2n) is 5.55. The number of aryl methyl sites for hydroxylation is 1. The summed E-state index contributed by atoms with van der Waals surface area (Å²) in [5.41, 5.74) is 0.564. The predicted molar refractivity (Wildman–Crippen MR) is 86.7 cm³/mol. The molecule has 1 amide bonds. The van der Waals surface area contributed by atoms with Crippen molar-refractivity contribution in [1.82, 2.24) is 20.3 Å². The minimum Gasteiger partial charge on any atom is -0.466 e. The van der Waals surface area contributed by atoms with Gasteiger partial charge in [-0.2, -0.15) is 0 Å². The Labute approximate surface area is 141 Å². The van der Waals surface area contributed by atoms with Crippen molar-refractivity contribution in [1.29, 1.82) is 0 Å². The average molecular weight is 336 g/mol. The van der Waals surface area contributed by atoms with Crippen molar-refractivity contribution in [3.8, 4) is 0 Å². The van der Waals surface area contributed by atoms with Gasteiger partial charge in [0.1, 0.15) is 5.69 Å². The third-order valence-electron chi connectivity index (χ3n) is 3.01. The monoisotopic (exact) mass is 336 g/mol. The Kier molecular flexibility index (Phi) is 8.38. The van der Waals surface area contributed by atoms with Crippen LogP contribution < -0.4 is 5.32 Å². The number of amides is 1. The lowest BCUT2D eigenvalue weighted by molar-refractivity contribution is -0.144. The van der Waals surface area contributed by atoms with E-state index in [4.69, 9.17) is 4.74 Å². The Morgan fingerprint density at radius 3 is 2.75 bits per heavy atom. The quantitative estimate of drug-likeness (QED) is 0.505. The van der Waals surface area contributed by atoms with Crippen LogP contribution in [0, 0.1) is 5.92 Å². The number of rotatable bonds is 10. The molecule has 1 N–H and O–H groups in total. The first-order valence-corrected chi connectivity index (χ1v) is 7.96. The molecule has 8 heteroatoms. The Morgan fingerprint density at radius 2 is 2.08 bits per heavy atom. The first-order chi connectivity index (χ1) is 11.4. The zero-order valence-electron chi connectivity index (χ0n) is 14.3. The van der Waals surface area contributed by atoms with E-state index >= 15 is 0 Å². The van der Waals surface area contributed by atoms with E-state index in [2.05, 4.69) is 15.6 Å². The zero-order chi connectivity index (χ0) is 17.9. The molecule has 8 nitrogen and oxygen atoms in total. The van der Waals surface area contributed by atoms with Crippen molar-refractivity contribution >= 4 is 17.7 Å². The minimum absolute atomic E-state index is 0.106. The topological polar surface area (TPSA) is 103 Å². The molecule has 24 heavy (non-hydrogen) atoms. The predicted octanol–water partition coefficient (Wildman–Crippen LogP) is 1.02. The van der Waals surface area contributed by atoms with E-state index in [0.29, 0.717) is 18.8 Å². The van der Waals surface area contributed by atoms with Gasteiger partial charge < -0.3 is 10.1 Å². The molecule has 0 unspecified atom stereocenters. The maximum atomic E-state index is 11.6. The molecule has 1 rings (SSSR count). The summed E-state index contributed by atoms with van der Waals surface area (Å²) in [6.45, 7) is 6.44. The van der Waals surface area contributed by atoms with Gasteiger partial charge in [-0.05, 0) is 12.5 Å². The first-order valence-electron chi connectivity index (χ1n) is 7.96. The number of allylic oxidation sites excluding steroid dienone is 1. The van der Waals surface area contributed by atoms with Gasteiger partial charge in [-0.25, -0.2) is 0 Å². The SMILES string of the molecule is CCCOC(=O)CCn1cc(CNC(=O)/C=C\C(=O)C(C)C)nn1. The van der Waals surface area contributed by atoms with Gasteiger partial charge in [0, 0.05) is 12.0 Å². The van der Waals surface area contributed by atoms with Crippen molar-refractivity contribution < 1.29 is 19.1 Å². The molecule has 0 aromatic carbocycles. The van der Waals surface area contributed by atoms with Gasteiger partial charge >= 0.3 is 5.97 Å². The third-order valence-corrected chi connectivity index (χ3v) is 3.01. The van der Waals surface area contributed by atoms with Crippen LogP contribution in [-0.4, -0.2) is 39.3 Å². The summed E-state index contributed by atoms with van der Waals surface area (Å²) in [5.74, 6) is -0.895. The highest BCUT2D eigenvalue weighted by Crippen LogP contribution is 1.98. The summed E-state index contributed by atoms with van der Waals surface area (Å²) < 4.78 is 6.49. The van der Waals surface area contributed by atoms with Crippen molar-refractivity contribution in [3.63, 3.8) is 0 Å². The summed E-state index contributed by atoms with van der Waals surface area (Å²) in [4.78, 5) is 34.4. The number of carbonyl (C=O) groups is 3. The lowest BCUT2D eigenvalue weighted by Gasteiger charge is -2.02. The lowest BCUT2D eigenvalue weighted by atomic mass is 10.1. The summed E-state index contributed by atoms with van der Waals surface area (Å²) >= 11 is 0. The molecule has 0 aliphatic carbocycles. The minimum atomic E-state index is -0.373. The van der Waals surface area contributed by atoms with Gasteiger partial charge in [-0.15, -0.1) is 5.10 Å². The van der Waals surface area contributed by atoms with E-state index < -0.39 is 0 Å². The van der Waals surface area contributed by atoms with Crippen LogP contribution in [0.5, 0.6) is 0 Å². The van der Waals surface area contributed by atoms with E-state index in [-0.39, 0.29) is 36.5 Å². The van der Waals surface area contributed by atoms with Crippen molar-refractivity contribution in [2.75, 3.05) is 6.61 Å². The number of aromatic nitrogens is 3. The van der Waals surface area contributed by atoms with E-state index in [1.807, 2.05) is 6.92 Å². The molecule has 0 saturated carbocycles. The summed E-state index contributed by atoms with van der Waals surface area (Å²) in [6, 6.07) is 0. The Bertz CT molecular complexity index is 593. The molecular formula is C16H24N4O4. The van der Waals surface area contributed by atoms with Crippen LogP contribution in [0.15, 0.2) is 18.3 Å². The molecule has 132 valence electrons. The Hall–Kier alpha value is -2.51. The number of hydrogen-bond acceptors (Lipinski definition) is 6. The van der Waals surface area contributed by atoms with E-state index in [0.717, 1.165) is 6.42 Å². The molecule has 0 spiro atoms. The van der Waals surface area contributed by atoms with E-state index in [1.54, 1.807) is 20.0 Å². The summed E-state index contributed by atoms with van der Waals surface area (Å²) in [6.07, 6.45) is 5.12. The van der Waals surface area contributed by atoms with E-state index in [9.17, 15) is 14.4 Å². The van der Waals surface area contributed by atoms with Crippen LogP contribution in [0.4, 0.5) is 0 Å². The van der Waals surface area contributed by atoms with Crippen LogP contribution >= 0.6 is 0 Å². The van der Waals surface area contributed by atoms with Crippen LogP contribution in [0.1, 0.15) is 39.3 Å². The molecule has 0 bridgehead atoms. The van der Waals surface area contributed by atoms with Gasteiger partial charge in [-0.3, -0.25) is 19.1 Å². The lowest BCUT2D eigenvalue weighted by Crippen LogP contribution is -2.21. The molecule has 0 aliphatic heterocycles. The van der Waals surface area contributed by atoms with Gasteiger partial charge in [0.2, 0.25) is 5.91 Å². The second kappa shape index (κ2) is 10.3. The summed E-state index contributed by atoms with van der Waals surface area (Å²) in [5, 5.41) is 10.4. The number of nitrogens with zero attached hydrogens (tertiary/aromatic N) is 3. The Morgan fingerprint density at radius 1 is 1.33 bits per heavy atom. The van der Waals surface area contributed by atoms with Crippen LogP contribution in [0.3, 0.4) is 0 Å². The maximum absolute atomic E-state index is 11.6. The number of ketones is 1. The second-order valence-corrected chi connectivity index (χ2v) is 5.55. The zero-order valence-corrected chi connectivity index (χ0v) is 14.3. The van der Waals surface area contributed by atoms with Crippen LogP contribution in [0.2, 0.25) is 0 Å². The third kappa shape index (κ3) is 7.66. The molecule has 0 aliphatic rings. The molecule has 0 atom stereocenters. The van der Waals surface area contributed by atoms with Gasteiger partial charge in [0.05, 0.1) is 32.3 Å². The number of nitrogens with one attached hydrogen (secondary N) is 1. The fraction of sp³-hybridized carbons (Fsp3) is 0.562. The van der Waals surface area contributed by atoms with Crippen molar-refractivity contribution in [2.45, 2.75) is 46.7 Å². The van der Waals surface area contributed by atoms with Crippen molar-refractivity contribution in [2.24, 2.45) is 5.92 Å². The van der Waals surface area contributed by atoms with E-state index in [1.165, 1.54) is 16.8 Å². The van der Waals surface area contributed by atoms with Gasteiger partial charge in [0.25, 0.3) is 0 Å². The highest BCUT2D eigenvalue weighted by atomic mass is 16.5. The Balaban J connectivity index is 2.35. The number of carbonyl (C=O) groups excluding carboxylic acids is 3. The molecule has 1 aromatic heterocycles. The number of ether oxygens (including phenoxy) is 1. The maximum Gasteiger partial charge on any atom is 0.307 e. The van der Waals surface area contributed by atoms with Crippen LogP contribution in [0.25, 0.3) is 0 Å². The molecular weight excluding hydrogens is 312 g/mol. The average Bonchev–Trinajstić information content (AvgIpc) is 3.01. The largest absolute Gasteiger partial charge is 0.466 e. The molecule has 0 fully saturated rings.